The van der Waals surface area contributed by atoms with Gasteiger partial charge in [-0.1, -0.05) is 25.5 Å². The molecule has 0 radical (unpaired) electrons. The predicted octanol–water partition coefficient (Wildman–Crippen LogP) is 5.07. The van der Waals surface area contributed by atoms with Crippen LogP contribution in [0.3, 0.4) is 0 Å². The third-order valence-corrected chi connectivity index (χ3v) is 4.06. The highest BCUT2D eigenvalue weighted by Gasteiger charge is 2.06. The van der Waals surface area contributed by atoms with Crippen LogP contribution < -0.4 is 5.32 Å². The van der Waals surface area contributed by atoms with Crippen molar-refractivity contribution in [3.8, 4) is 5.69 Å². The summed E-state index contributed by atoms with van der Waals surface area (Å²) in [4.78, 5) is 12.4. The van der Waals surface area contributed by atoms with Crippen molar-refractivity contribution in [2.45, 2.75) is 26.2 Å². The highest BCUT2D eigenvalue weighted by molar-refractivity contribution is 6.04. The van der Waals surface area contributed by atoms with Crippen molar-refractivity contribution in [2.75, 3.05) is 5.32 Å². The Labute approximate surface area is 143 Å². The zero-order chi connectivity index (χ0) is 16.8. The van der Waals surface area contributed by atoms with Crippen LogP contribution in [0.5, 0.6) is 0 Å². The van der Waals surface area contributed by atoms with Crippen LogP contribution >= 0.6 is 0 Å². The van der Waals surface area contributed by atoms with Gasteiger partial charge in [0.15, 0.2) is 0 Å². The van der Waals surface area contributed by atoms with Crippen LogP contribution in [0, 0.1) is 0 Å². The predicted molar refractivity (Wildman–Crippen MR) is 98.8 cm³/mol. The van der Waals surface area contributed by atoms with E-state index in [1.165, 1.54) is 18.4 Å². The molecule has 0 aliphatic heterocycles. The molecule has 2 aromatic carbocycles. The molecule has 0 fully saturated rings. The van der Waals surface area contributed by atoms with Crippen molar-refractivity contribution in [1.82, 2.24) is 4.57 Å². The second kappa shape index (κ2) is 7.64. The van der Waals surface area contributed by atoms with Gasteiger partial charge in [0, 0.05) is 29.3 Å². The maximum Gasteiger partial charge on any atom is 0.255 e. The Morgan fingerprint density at radius 2 is 1.62 bits per heavy atom. The van der Waals surface area contributed by atoms with E-state index in [2.05, 4.69) is 24.4 Å². The van der Waals surface area contributed by atoms with Gasteiger partial charge in [-0.15, -0.1) is 0 Å². The van der Waals surface area contributed by atoms with E-state index in [0.29, 0.717) is 5.56 Å². The van der Waals surface area contributed by atoms with Crippen molar-refractivity contribution < 1.29 is 4.79 Å². The zero-order valence-corrected chi connectivity index (χ0v) is 13.9. The molecule has 3 rings (SSSR count). The number of anilines is 1. The molecule has 0 atom stereocenters. The number of nitrogens with one attached hydrogen (secondary N) is 1. The normalized spacial score (nSPS) is 10.5. The first-order valence-electron chi connectivity index (χ1n) is 8.40. The van der Waals surface area contributed by atoms with Gasteiger partial charge in [0.1, 0.15) is 0 Å². The number of carbonyl (C=O) groups is 1. The number of aryl methyl sites for hydroxylation is 1. The van der Waals surface area contributed by atoms with E-state index in [1.807, 2.05) is 65.5 Å². The summed E-state index contributed by atoms with van der Waals surface area (Å²) in [6.07, 6.45) is 7.44. The summed E-state index contributed by atoms with van der Waals surface area (Å²) < 4.78 is 2.01. The molecule has 0 aliphatic rings. The third-order valence-electron chi connectivity index (χ3n) is 4.06. The number of amides is 1. The van der Waals surface area contributed by atoms with Crippen molar-refractivity contribution in [3.63, 3.8) is 0 Å². The lowest BCUT2D eigenvalue weighted by Crippen LogP contribution is -2.11. The maximum absolute atomic E-state index is 12.4. The summed E-state index contributed by atoms with van der Waals surface area (Å²) in [5, 5.41) is 2.95. The Morgan fingerprint density at radius 3 is 2.25 bits per heavy atom. The first-order valence-corrected chi connectivity index (χ1v) is 8.40. The van der Waals surface area contributed by atoms with Crippen LogP contribution in [0.2, 0.25) is 0 Å². The van der Waals surface area contributed by atoms with E-state index < -0.39 is 0 Å². The van der Waals surface area contributed by atoms with Crippen LogP contribution in [0.1, 0.15) is 35.7 Å². The van der Waals surface area contributed by atoms with E-state index in [1.54, 1.807) is 0 Å². The number of aromatic nitrogens is 1. The molecule has 1 N–H and O–H groups in total. The van der Waals surface area contributed by atoms with Gasteiger partial charge < -0.3 is 9.88 Å². The van der Waals surface area contributed by atoms with Crippen LogP contribution in [0.4, 0.5) is 5.69 Å². The average Bonchev–Trinajstić information content (AvgIpc) is 3.16. The SMILES string of the molecule is CCCCc1ccc(NC(=O)c2ccc(-n3cccc3)cc2)cc1. The fraction of sp³-hybridized carbons (Fsp3) is 0.190. The van der Waals surface area contributed by atoms with Crippen molar-refractivity contribution in [2.24, 2.45) is 0 Å². The molecule has 1 aromatic heterocycles. The topological polar surface area (TPSA) is 34.0 Å². The van der Waals surface area contributed by atoms with E-state index in [9.17, 15) is 4.79 Å². The summed E-state index contributed by atoms with van der Waals surface area (Å²) in [6, 6.07) is 19.6. The monoisotopic (exact) mass is 318 g/mol. The lowest BCUT2D eigenvalue weighted by Gasteiger charge is -2.08. The number of nitrogens with zero attached hydrogens (tertiary/aromatic N) is 1. The van der Waals surface area contributed by atoms with Gasteiger partial charge in [-0.2, -0.15) is 0 Å². The molecule has 0 saturated carbocycles. The smallest absolute Gasteiger partial charge is 0.255 e. The molecule has 1 heterocycles. The summed E-state index contributed by atoms with van der Waals surface area (Å²) in [5.74, 6) is -0.0876. The highest BCUT2D eigenvalue weighted by Crippen LogP contribution is 2.15. The number of unbranched alkanes of at least 4 members (excludes halogenated alkanes) is 1. The minimum Gasteiger partial charge on any atom is -0.324 e. The Balaban J connectivity index is 1.64. The standard InChI is InChI=1S/C21H22N2O/c1-2-3-6-17-7-11-19(12-8-17)22-21(24)18-9-13-20(14-10-18)23-15-4-5-16-23/h4-5,7-16H,2-3,6H2,1H3,(H,22,24). The Hall–Kier alpha value is -2.81. The third kappa shape index (κ3) is 3.93. The van der Waals surface area contributed by atoms with Crippen molar-refractivity contribution >= 4 is 11.6 Å². The van der Waals surface area contributed by atoms with Gasteiger partial charge in [0.2, 0.25) is 0 Å². The van der Waals surface area contributed by atoms with E-state index in [0.717, 1.165) is 17.8 Å². The molecule has 1 amide bonds. The van der Waals surface area contributed by atoms with Gasteiger partial charge in [-0.05, 0) is 66.9 Å². The van der Waals surface area contributed by atoms with Gasteiger partial charge in [0.05, 0.1) is 0 Å². The Kier molecular flexibility index (Phi) is 5.12. The number of rotatable bonds is 6. The minimum atomic E-state index is -0.0876. The maximum atomic E-state index is 12.4. The Morgan fingerprint density at radius 1 is 0.958 bits per heavy atom. The Bertz CT molecular complexity index is 772. The molecular formula is C21H22N2O. The quantitative estimate of drug-likeness (QED) is 0.676. The molecule has 0 saturated heterocycles. The van der Waals surface area contributed by atoms with E-state index in [-0.39, 0.29) is 5.91 Å². The zero-order valence-electron chi connectivity index (χ0n) is 13.9. The molecule has 0 bridgehead atoms. The lowest BCUT2D eigenvalue weighted by atomic mass is 10.1. The minimum absolute atomic E-state index is 0.0876. The van der Waals surface area contributed by atoms with Crippen LogP contribution in [-0.4, -0.2) is 10.5 Å². The molecule has 3 heteroatoms. The van der Waals surface area contributed by atoms with Gasteiger partial charge in [-0.25, -0.2) is 0 Å². The van der Waals surface area contributed by atoms with Crippen LogP contribution in [0.25, 0.3) is 5.69 Å². The molecule has 0 aliphatic carbocycles. The van der Waals surface area contributed by atoms with E-state index in [4.69, 9.17) is 0 Å². The van der Waals surface area contributed by atoms with Crippen LogP contribution in [-0.2, 0) is 6.42 Å². The molecule has 24 heavy (non-hydrogen) atoms. The molecule has 122 valence electrons. The number of hydrogen-bond donors (Lipinski definition) is 1. The number of benzene rings is 2. The number of carbonyl (C=O) groups excluding carboxylic acids is 1. The number of hydrogen-bond acceptors (Lipinski definition) is 1. The summed E-state index contributed by atoms with van der Waals surface area (Å²) in [5.41, 5.74) is 3.83. The summed E-state index contributed by atoms with van der Waals surface area (Å²) in [7, 11) is 0. The van der Waals surface area contributed by atoms with Crippen molar-refractivity contribution in [1.29, 1.82) is 0 Å². The highest BCUT2D eigenvalue weighted by atomic mass is 16.1. The van der Waals surface area contributed by atoms with E-state index >= 15 is 0 Å². The largest absolute Gasteiger partial charge is 0.324 e. The summed E-state index contributed by atoms with van der Waals surface area (Å²) in [6.45, 7) is 2.19. The van der Waals surface area contributed by atoms with Gasteiger partial charge >= 0.3 is 0 Å². The molecule has 0 unspecified atom stereocenters. The summed E-state index contributed by atoms with van der Waals surface area (Å²) >= 11 is 0. The fourth-order valence-corrected chi connectivity index (χ4v) is 2.63. The van der Waals surface area contributed by atoms with Gasteiger partial charge in [0.25, 0.3) is 5.91 Å². The second-order valence-corrected chi connectivity index (χ2v) is 5.89. The van der Waals surface area contributed by atoms with Crippen LogP contribution in [0.15, 0.2) is 73.1 Å². The molecular weight excluding hydrogens is 296 g/mol. The van der Waals surface area contributed by atoms with Gasteiger partial charge in [-0.3, -0.25) is 4.79 Å². The van der Waals surface area contributed by atoms with Crippen molar-refractivity contribution in [3.05, 3.63) is 84.2 Å². The lowest BCUT2D eigenvalue weighted by molar-refractivity contribution is 0.102. The molecule has 0 spiro atoms. The molecule has 3 aromatic rings. The first kappa shape index (κ1) is 16.1. The first-order chi connectivity index (χ1) is 11.8. The second-order valence-electron chi connectivity index (χ2n) is 5.89. The molecule has 3 nitrogen and oxygen atoms in total. The fourth-order valence-electron chi connectivity index (χ4n) is 2.63. The average molecular weight is 318 g/mol.